The summed E-state index contributed by atoms with van der Waals surface area (Å²) in [6, 6.07) is 11.9. The molecule has 0 heterocycles. The van der Waals surface area contributed by atoms with E-state index in [9.17, 15) is 9.18 Å². The molecular formula is C18H22FN3O. The summed E-state index contributed by atoms with van der Waals surface area (Å²) in [4.78, 5) is 15.6. The number of hydrogen-bond donors (Lipinski definition) is 1. The van der Waals surface area contributed by atoms with E-state index >= 15 is 0 Å². The Bertz CT molecular complexity index is 700. The number of rotatable bonds is 5. The van der Waals surface area contributed by atoms with Crippen molar-refractivity contribution in [1.82, 2.24) is 4.90 Å². The van der Waals surface area contributed by atoms with E-state index in [0.29, 0.717) is 18.8 Å². The summed E-state index contributed by atoms with van der Waals surface area (Å²) in [6.07, 6.45) is 0. The first kappa shape index (κ1) is 16.8. The van der Waals surface area contributed by atoms with Crippen molar-refractivity contribution in [3.63, 3.8) is 0 Å². The molecule has 0 spiro atoms. The number of halogens is 1. The fourth-order valence-electron chi connectivity index (χ4n) is 2.51. The highest BCUT2D eigenvalue weighted by Crippen LogP contribution is 2.24. The van der Waals surface area contributed by atoms with Crippen molar-refractivity contribution in [3.8, 4) is 0 Å². The smallest absolute Gasteiger partial charge is 0.220 e. The summed E-state index contributed by atoms with van der Waals surface area (Å²) >= 11 is 0. The van der Waals surface area contributed by atoms with Crippen molar-refractivity contribution in [2.24, 2.45) is 0 Å². The van der Waals surface area contributed by atoms with E-state index in [2.05, 4.69) is 0 Å². The number of carbonyl (C=O) groups is 1. The molecule has 2 rings (SSSR count). The van der Waals surface area contributed by atoms with Gasteiger partial charge in [0, 0.05) is 45.5 Å². The molecule has 0 fully saturated rings. The van der Waals surface area contributed by atoms with Gasteiger partial charge < -0.3 is 15.5 Å². The van der Waals surface area contributed by atoms with Gasteiger partial charge >= 0.3 is 0 Å². The third kappa shape index (κ3) is 4.45. The van der Waals surface area contributed by atoms with Crippen molar-refractivity contribution < 1.29 is 9.18 Å². The maximum absolute atomic E-state index is 13.3. The van der Waals surface area contributed by atoms with Gasteiger partial charge in [0.1, 0.15) is 5.82 Å². The number of nitrogens with zero attached hydrogens (tertiary/aromatic N) is 2. The van der Waals surface area contributed by atoms with Gasteiger partial charge in [-0.15, -0.1) is 0 Å². The lowest BCUT2D eigenvalue weighted by Gasteiger charge is -2.25. The first-order valence-corrected chi connectivity index (χ1v) is 7.42. The van der Waals surface area contributed by atoms with Gasteiger partial charge in [-0.05, 0) is 41.5 Å². The maximum atomic E-state index is 13.3. The van der Waals surface area contributed by atoms with Gasteiger partial charge in [0.2, 0.25) is 5.91 Å². The summed E-state index contributed by atoms with van der Waals surface area (Å²) < 4.78 is 13.3. The van der Waals surface area contributed by atoms with Crippen LogP contribution >= 0.6 is 0 Å². The molecule has 23 heavy (non-hydrogen) atoms. The van der Waals surface area contributed by atoms with E-state index < -0.39 is 0 Å². The van der Waals surface area contributed by atoms with Gasteiger partial charge in [-0.25, -0.2) is 4.39 Å². The van der Waals surface area contributed by atoms with Crippen molar-refractivity contribution in [2.45, 2.75) is 20.0 Å². The molecule has 2 aromatic carbocycles. The Hall–Kier alpha value is -2.56. The van der Waals surface area contributed by atoms with Crippen LogP contribution in [0.15, 0.2) is 42.5 Å². The highest BCUT2D eigenvalue weighted by atomic mass is 19.1. The summed E-state index contributed by atoms with van der Waals surface area (Å²) in [6.45, 7) is 2.29. The van der Waals surface area contributed by atoms with Crippen molar-refractivity contribution in [1.29, 1.82) is 0 Å². The monoisotopic (exact) mass is 315 g/mol. The zero-order chi connectivity index (χ0) is 17.0. The molecule has 122 valence electrons. The van der Waals surface area contributed by atoms with Crippen LogP contribution in [0.5, 0.6) is 0 Å². The molecule has 2 N–H and O–H groups in total. The van der Waals surface area contributed by atoms with Crippen LogP contribution in [0.2, 0.25) is 0 Å². The molecular weight excluding hydrogens is 293 g/mol. The molecule has 0 unspecified atom stereocenters. The standard InChI is InChI=1S/C18H22FN3O/c1-13(23)22(11-14-5-4-6-16(19)9-14)12-15-10-17(20)7-8-18(15)21(2)3/h4-10H,11-12,20H2,1-3H3. The van der Waals surface area contributed by atoms with Crippen LogP contribution in [0.25, 0.3) is 0 Å². The molecule has 5 heteroatoms. The van der Waals surface area contributed by atoms with Gasteiger partial charge in [0.25, 0.3) is 0 Å². The summed E-state index contributed by atoms with van der Waals surface area (Å²) in [5.41, 5.74) is 9.26. The third-order valence-corrected chi connectivity index (χ3v) is 3.65. The van der Waals surface area contributed by atoms with Gasteiger partial charge in [-0.2, -0.15) is 0 Å². The molecule has 0 saturated heterocycles. The van der Waals surface area contributed by atoms with Crippen LogP contribution < -0.4 is 10.6 Å². The zero-order valence-corrected chi connectivity index (χ0v) is 13.7. The van der Waals surface area contributed by atoms with Crippen LogP contribution in [0, 0.1) is 5.82 Å². The van der Waals surface area contributed by atoms with E-state index in [1.54, 1.807) is 11.0 Å². The van der Waals surface area contributed by atoms with Crippen LogP contribution in [-0.4, -0.2) is 24.9 Å². The lowest BCUT2D eigenvalue weighted by Crippen LogP contribution is -2.28. The maximum Gasteiger partial charge on any atom is 0.220 e. The second-order valence-corrected chi connectivity index (χ2v) is 5.79. The van der Waals surface area contributed by atoms with E-state index in [0.717, 1.165) is 16.8 Å². The topological polar surface area (TPSA) is 49.6 Å². The third-order valence-electron chi connectivity index (χ3n) is 3.65. The van der Waals surface area contributed by atoms with E-state index in [4.69, 9.17) is 5.73 Å². The Morgan fingerprint density at radius 3 is 2.48 bits per heavy atom. The van der Waals surface area contributed by atoms with E-state index in [-0.39, 0.29) is 11.7 Å². The lowest BCUT2D eigenvalue weighted by atomic mass is 10.1. The minimum absolute atomic E-state index is 0.0682. The van der Waals surface area contributed by atoms with E-state index in [1.165, 1.54) is 19.1 Å². The first-order chi connectivity index (χ1) is 10.9. The number of nitrogen functional groups attached to an aromatic ring is 1. The highest BCUT2D eigenvalue weighted by Gasteiger charge is 2.14. The summed E-state index contributed by atoms with van der Waals surface area (Å²) in [5, 5.41) is 0. The molecule has 0 aliphatic heterocycles. The summed E-state index contributed by atoms with van der Waals surface area (Å²) in [7, 11) is 3.89. The number of anilines is 2. The normalized spacial score (nSPS) is 10.4. The zero-order valence-electron chi connectivity index (χ0n) is 13.7. The molecule has 0 saturated carbocycles. The van der Waals surface area contributed by atoms with Crippen LogP contribution in [-0.2, 0) is 17.9 Å². The molecule has 4 nitrogen and oxygen atoms in total. The van der Waals surface area contributed by atoms with Crippen LogP contribution in [0.4, 0.5) is 15.8 Å². The SMILES string of the molecule is CC(=O)N(Cc1cccc(F)c1)Cc1cc(N)ccc1N(C)C. The predicted molar refractivity (Wildman–Crippen MR) is 91.5 cm³/mol. The fourth-order valence-corrected chi connectivity index (χ4v) is 2.51. The van der Waals surface area contributed by atoms with E-state index in [1.807, 2.05) is 43.3 Å². The number of nitrogens with two attached hydrogens (primary N) is 1. The number of amides is 1. The Morgan fingerprint density at radius 2 is 1.87 bits per heavy atom. The predicted octanol–water partition coefficient (Wildman–Crippen LogP) is 3.02. The van der Waals surface area contributed by atoms with Gasteiger partial charge in [0.15, 0.2) is 0 Å². The fraction of sp³-hybridized carbons (Fsp3) is 0.278. The molecule has 1 amide bonds. The van der Waals surface area contributed by atoms with Gasteiger partial charge in [0.05, 0.1) is 0 Å². The number of hydrogen-bond acceptors (Lipinski definition) is 3. The van der Waals surface area contributed by atoms with Crippen molar-refractivity contribution in [2.75, 3.05) is 24.7 Å². The van der Waals surface area contributed by atoms with Crippen molar-refractivity contribution in [3.05, 3.63) is 59.4 Å². The number of carbonyl (C=O) groups excluding carboxylic acids is 1. The second-order valence-electron chi connectivity index (χ2n) is 5.79. The Balaban J connectivity index is 2.26. The Labute approximate surface area is 136 Å². The molecule has 0 aliphatic rings. The average Bonchev–Trinajstić information content (AvgIpc) is 2.46. The Kier molecular flexibility index (Phi) is 5.21. The molecule has 0 aliphatic carbocycles. The quantitative estimate of drug-likeness (QED) is 0.863. The molecule has 2 aromatic rings. The molecule has 0 bridgehead atoms. The highest BCUT2D eigenvalue weighted by molar-refractivity contribution is 5.73. The second kappa shape index (κ2) is 7.13. The van der Waals surface area contributed by atoms with Gasteiger partial charge in [-0.3, -0.25) is 4.79 Å². The van der Waals surface area contributed by atoms with Crippen LogP contribution in [0.3, 0.4) is 0 Å². The molecule has 0 atom stereocenters. The largest absolute Gasteiger partial charge is 0.399 e. The number of benzene rings is 2. The minimum Gasteiger partial charge on any atom is -0.399 e. The van der Waals surface area contributed by atoms with Crippen molar-refractivity contribution >= 4 is 17.3 Å². The average molecular weight is 315 g/mol. The van der Waals surface area contributed by atoms with Crippen LogP contribution in [0.1, 0.15) is 18.1 Å². The Morgan fingerprint density at radius 1 is 1.13 bits per heavy atom. The molecule has 0 aromatic heterocycles. The lowest BCUT2D eigenvalue weighted by molar-refractivity contribution is -0.130. The molecule has 0 radical (unpaired) electrons. The van der Waals surface area contributed by atoms with Gasteiger partial charge in [-0.1, -0.05) is 12.1 Å². The summed E-state index contributed by atoms with van der Waals surface area (Å²) in [5.74, 6) is -0.370. The minimum atomic E-state index is -0.302. The first-order valence-electron chi connectivity index (χ1n) is 7.42.